The molecule has 0 amide bonds. The summed E-state index contributed by atoms with van der Waals surface area (Å²) in [5.41, 5.74) is 1.01. The largest absolute Gasteiger partial charge is 0.345 e. The van der Waals surface area contributed by atoms with Crippen molar-refractivity contribution in [3.63, 3.8) is 0 Å². The first kappa shape index (κ1) is 7.67. The van der Waals surface area contributed by atoms with Gasteiger partial charge in [-0.1, -0.05) is 0 Å². The number of imidazole rings is 1. The predicted octanol–water partition coefficient (Wildman–Crippen LogP) is 1.37. The number of nitrogens with zero attached hydrogens (tertiary/aromatic N) is 3. The fourth-order valence-electron chi connectivity index (χ4n) is 0.943. The lowest BCUT2D eigenvalue weighted by atomic mass is 10.3. The van der Waals surface area contributed by atoms with Crippen LogP contribution in [0.5, 0.6) is 0 Å². The lowest BCUT2D eigenvalue weighted by molar-refractivity contribution is 1.03. The van der Waals surface area contributed by atoms with Gasteiger partial charge in [-0.3, -0.25) is 0 Å². The Morgan fingerprint density at radius 3 is 2.85 bits per heavy atom. The first-order valence-corrected chi connectivity index (χ1v) is 3.89. The number of hydrogen-bond acceptors (Lipinski definition) is 3. The highest BCUT2D eigenvalue weighted by molar-refractivity contribution is 5.65. The van der Waals surface area contributed by atoms with Crippen LogP contribution in [0.15, 0.2) is 30.9 Å². The highest BCUT2D eigenvalue weighted by atomic mass is 15.1. The maximum absolute atomic E-state index is 4.05. The Morgan fingerprint density at radius 2 is 2.15 bits per heavy atom. The van der Waals surface area contributed by atoms with Crippen LogP contribution < -0.4 is 0 Å². The fourth-order valence-corrected chi connectivity index (χ4v) is 0.943. The molecular weight excluding hydrogens is 164 g/mol. The molecule has 4 heteroatoms. The number of aromatic nitrogens is 4. The van der Waals surface area contributed by atoms with Gasteiger partial charge in [0.05, 0.1) is 12.4 Å². The Labute approximate surface area is 75.4 Å². The van der Waals surface area contributed by atoms with Crippen molar-refractivity contribution in [3.05, 3.63) is 42.2 Å². The van der Waals surface area contributed by atoms with E-state index in [9.17, 15) is 0 Å². The Hall–Kier alpha value is -1.97. The highest BCUT2D eigenvalue weighted by Crippen LogP contribution is 2.01. The van der Waals surface area contributed by atoms with E-state index >= 15 is 0 Å². The van der Waals surface area contributed by atoms with E-state index in [1.807, 2.05) is 18.2 Å². The average Bonchev–Trinajstić information content (AvgIpc) is 2.69. The second-order valence-electron chi connectivity index (χ2n) is 2.48. The number of nitrogens with one attached hydrogen (secondary N) is 1. The zero-order chi connectivity index (χ0) is 8.93. The second-order valence-corrected chi connectivity index (χ2v) is 2.48. The molecule has 0 bridgehead atoms. The number of rotatable bonds is 2. The van der Waals surface area contributed by atoms with Gasteiger partial charge in [0.2, 0.25) is 0 Å². The van der Waals surface area contributed by atoms with Gasteiger partial charge in [-0.15, -0.1) is 0 Å². The van der Waals surface area contributed by atoms with Crippen molar-refractivity contribution in [2.45, 2.75) is 0 Å². The number of hydrogen-bond donors (Lipinski definition) is 1. The van der Waals surface area contributed by atoms with Crippen LogP contribution in [0.4, 0.5) is 0 Å². The Balaban J connectivity index is 2.15. The Morgan fingerprint density at radius 1 is 1.15 bits per heavy atom. The van der Waals surface area contributed by atoms with Gasteiger partial charge in [0, 0.05) is 12.4 Å². The smallest absolute Gasteiger partial charge is 0.129 e. The van der Waals surface area contributed by atoms with Crippen LogP contribution >= 0.6 is 0 Å². The summed E-state index contributed by atoms with van der Waals surface area (Å²) in [5.74, 6) is 0.830. The summed E-state index contributed by atoms with van der Waals surface area (Å²) in [4.78, 5) is 7.03. The van der Waals surface area contributed by atoms with Crippen molar-refractivity contribution in [2.75, 3.05) is 0 Å². The van der Waals surface area contributed by atoms with Crippen LogP contribution in [-0.4, -0.2) is 20.2 Å². The molecule has 0 saturated heterocycles. The number of H-pyrrole nitrogens is 1. The molecule has 0 aliphatic heterocycles. The average molecular weight is 172 g/mol. The van der Waals surface area contributed by atoms with Crippen LogP contribution in [-0.2, 0) is 0 Å². The van der Waals surface area contributed by atoms with Crippen molar-refractivity contribution in [2.24, 2.45) is 0 Å². The Kier molecular flexibility index (Phi) is 2.14. The molecule has 0 saturated carbocycles. The topological polar surface area (TPSA) is 54.5 Å². The molecule has 1 N–H and O–H groups in total. The molecule has 0 aromatic carbocycles. The van der Waals surface area contributed by atoms with Crippen LogP contribution in [0, 0.1) is 0 Å². The molecule has 2 rings (SSSR count). The monoisotopic (exact) mass is 172 g/mol. The first-order chi connectivity index (χ1) is 6.45. The minimum absolute atomic E-state index is 0.830. The van der Waals surface area contributed by atoms with E-state index < -0.39 is 0 Å². The SMILES string of the molecule is C(=C\c1ncc[nH]1)/c1ccnnc1. The van der Waals surface area contributed by atoms with Gasteiger partial charge < -0.3 is 4.98 Å². The molecule has 2 aromatic heterocycles. The van der Waals surface area contributed by atoms with Crippen molar-refractivity contribution in [1.29, 1.82) is 0 Å². The van der Waals surface area contributed by atoms with Crippen molar-refractivity contribution < 1.29 is 0 Å². The quantitative estimate of drug-likeness (QED) is 0.744. The summed E-state index contributed by atoms with van der Waals surface area (Å²) < 4.78 is 0. The second kappa shape index (κ2) is 3.62. The van der Waals surface area contributed by atoms with Gasteiger partial charge in [0.1, 0.15) is 5.82 Å². The van der Waals surface area contributed by atoms with Gasteiger partial charge in [-0.2, -0.15) is 10.2 Å². The third-order valence-electron chi connectivity index (χ3n) is 1.56. The molecule has 2 heterocycles. The van der Waals surface area contributed by atoms with Gasteiger partial charge in [-0.25, -0.2) is 4.98 Å². The standard InChI is InChI=1S/C9H8N4/c1(2-9-10-5-6-11-9)8-3-4-12-13-7-8/h1-7H,(H,10,11)/b2-1+. The molecule has 13 heavy (non-hydrogen) atoms. The zero-order valence-electron chi connectivity index (χ0n) is 6.88. The third kappa shape index (κ3) is 1.99. The predicted molar refractivity (Wildman–Crippen MR) is 49.5 cm³/mol. The first-order valence-electron chi connectivity index (χ1n) is 3.89. The highest BCUT2D eigenvalue weighted by Gasteiger charge is 1.87. The minimum Gasteiger partial charge on any atom is -0.345 e. The molecule has 0 unspecified atom stereocenters. The Bertz CT molecular complexity index is 377. The normalized spacial score (nSPS) is 10.8. The third-order valence-corrected chi connectivity index (χ3v) is 1.56. The van der Waals surface area contributed by atoms with Crippen LogP contribution in [0.1, 0.15) is 11.4 Å². The molecular formula is C9H8N4. The maximum Gasteiger partial charge on any atom is 0.129 e. The van der Waals surface area contributed by atoms with E-state index in [0.29, 0.717) is 0 Å². The molecule has 0 atom stereocenters. The van der Waals surface area contributed by atoms with E-state index in [4.69, 9.17) is 0 Å². The van der Waals surface area contributed by atoms with Crippen LogP contribution in [0.3, 0.4) is 0 Å². The van der Waals surface area contributed by atoms with E-state index in [2.05, 4.69) is 20.2 Å². The summed E-state index contributed by atoms with van der Waals surface area (Å²) in [6, 6.07) is 1.88. The minimum atomic E-state index is 0.830. The van der Waals surface area contributed by atoms with Crippen molar-refractivity contribution in [3.8, 4) is 0 Å². The van der Waals surface area contributed by atoms with Crippen LogP contribution in [0.25, 0.3) is 12.2 Å². The molecule has 0 aliphatic rings. The van der Waals surface area contributed by atoms with Crippen LogP contribution in [0.2, 0.25) is 0 Å². The van der Waals surface area contributed by atoms with Crippen molar-refractivity contribution >= 4 is 12.2 Å². The van der Waals surface area contributed by atoms with Gasteiger partial charge in [0.15, 0.2) is 0 Å². The molecule has 0 radical (unpaired) electrons. The maximum atomic E-state index is 4.05. The lowest BCUT2D eigenvalue weighted by Crippen LogP contribution is -1.79. The lowest BCUT2D eigenvalue weighted by Gasteiger charge is -1.87. The number of aromatic amines is 1. The summed E-state index contributed by atoms with van der Waals surface area (Å²) in [7, 11) is 0. The molecule has 64 valence electrons. The van der Waals surface area contributed by atoms with Gasteiger partial charge in [0.25, 0.3) is 0 Å². The van der Waals surface area contributed by atoms with E-state index in [0.717, 1.165) is 11.4 Å². The van der Waals surface area contributed by atoms with E-state index in [1.54, 1.807) is 24.8 Å². The van der Waals surface area contributed by atoms with Gasteiger partial charge >= 0.3 is 0 Å². The molecule has 2 aromatic rings. The molecule has 0 aliphatic carbocycles. The molecule has 0 spiro atoms. The fraction of sp³-hybridized carbons (Fsp3) is 0. The summed E-state index contributed by atoms with van der Waals surface area (Å²) in [6.07, 6.45) is 10.7. The summed E-state index contributed by atoms with van der Waals surface area (Å²) >= 11 is 0. The summed E-state index contributed by atoms with van der Waals surface area (Å²) in [5, 5.41) is 7.44. The van der Waals surface area contributed by atoms with Crippen molar-refractivity contribution in [1.82, 2.24) is 20.2 Å². The van der Waals surface area contributed by atoms with E-state index in [-0.39, 0.29) is 0 Å². The molecule has 0 fully saturated rings. The molecule has 4 nitrogen and oxygen atoms in total. The zero-order valence-corrected chi connectivity index (χ0v) is 6.88. The van der Waals surface area contributed by atoms with E-state index in [1.165, 1.54) is 0 Å². The van der Waals surface area contributed by atoms with Gasteiger partial charge in [-0.05, 0) is 23.8 Å². The summed E-state index contributed by atoms with van der Waals surface area (Å²) in [6.45, 7) is 0.